The van der Waals surface area contributed by atoms with E-state index in [0.717, 1.165) is 12.0 Å². The summed E-state index contributed by atoms with van der Waals surface area (Å²) in [5, 5.41) is 6.51. The van der Waals surface area contributed by atoms with E-state index in [-0.39, 0.29) is 0 Å². The Kier molecular flexibility index (Phi) is 4.94. The van der Waals surface area contributed by atoms with Gasteiger partial charge in [-0.1, -0.05) is 23.7 Å². The number of hydrogen-bond donors (Lipinski definition) is 3. The molecule has 0 aliphatic carbocycles. The van der Waals surface area contributed by atoms with Gasteiger partial charge in [0, 0.05) is 19.2 Å². The maximum absolute atomic E-state index is 11.1. The zero-order valence-electron chi connectivity index (χ0n) is 11.6. The highest BCUT2D eigenvalue weighted by atomic mass is 35.5. The van der Waals surface area contributed by atoms with Crippen molar-refractivity contribution in [2.24, 2.45) is 5.73 Å². The van der Waals surface area contributed by atoms with Gasteiger partial charge in [-0.15, -0.1) is 0 Å². The molecule has 0 atom stereocenters. The minimum absolute atomic E-state index is 0.366. The number of primary amides is 1. The monoisotopic (exact) mass is 305 g/mol. The standard InChI is InChI=1S/C14H16ClN5O/c1-17-11-12(15)19-8-20-14(11)18-6-5-9-3-2-4-10(7-9)13(16)21/h2-4,7-8,17H,5-6H2,1H3,(H2,16,21)(H,18,19,20). The lowest BCUT2D eigenvalue weighted by atomic mass is 10.1. The van der Waals surface area contributed by atoms with Crippen molar-refractivity contribution in [1.29, 1.82) is 0 Å². The smallest absolute Gasteiger partial charge is 0.248 e. The van der Waals surface area contributed by atoms with Crippen molar-refractivity contribution >= 4 is 29.0 Å². The number of nitrogens with zero attached hydrogens (tertiary/aromatic N) is 2. The van der Waals surface area contributed by atoms with Crippen LogP contribution in [0.25, 0.3) is 0 Å². The summed E-state index contributed by atoms with van der Waals surface area (Å²) in [6.07, 6.45) is 2.13. The summed E-state index contributed by atoms with van der Waals surface area (Å²) < 4.78 is 0. The average Bonchev–Trinajstić information content (AvgIpc) is 2.48. The van der Waals surface area contributed by atoms with Crippen molar-refractivity contribution in [1.82, 2.24) is 9.97 Å². The zero-order valence-corrected chi connectivity index (χ0v) is 12.3. The first kappa shape index (κ1) is 15.1. The first-order chi connectivity index (χ1) is 10.1. The van der Waals surface area contributed by atoms with Gasteiger partial charge in [-0.2, -0.15) is 0 Å². The molecule has 0 saturated heterocycles. The van der Waals surface area contributed by atoms with Gasteiger partial charge in [0.2, 0.25) is 5.91 Å². The number of nitrogens with two attached hydrogens (primary N) is 1. The number of benzene rings is 1. The lowest BCUT2D eigenvalue weighted by Crippen LogP contribution is -2.12. The predicted octanol–water partition coefficient (Wildman–Crippen LogP) is 1.93. The molecule has 0 radical (unpaired) electrons. The second kappa shape index (κ2) is 6.90. The summed E-state index contributed by atoms with van der Waals surface area (Å²) in [6, 6.07) is 7.24. The fourth-order valence-electron chi connectivity index (χ4n) is 1.93. The molecular weight excluding hydrogens is 290 g/mol. The molecule has 110 valence electrons. The van der Waals surface area contributed by atoms with Gasteiger partial charge in [0.15, 0.2) is 11.0 Å². The van der Waals surface area contributed by atoms with Crippen molar-refractivity contribution in [3.05, 3.63) is 46.9 Å². The maximum Gasteiger partial charge on any atom is 0.248 e. The second-order valence-corrected chi connectivity index (χ2v) is 4.74. The molecule has 0 bridgehead atoms. The minimum atomic E-state index is -0.426. The van der Waals surface area contributed by atoms with Crippen LogP contribution in [-0.4, -0.2) is 29.5 Å². The molecule has 7 heteroatoms. The summed E-state index contributed by atoms with van der Waals surface area (Å²) in [5.74, 6) is 0.216. The van der Waals surface area contributed by atoms with Gasteiger partial charge in [0.1, 0.15) is 12.0 Å². The van der Waals surface area contributed by atoms with Crippen molar-refractivity contribution in [3.8, 4) is 0 Å². The van der Waals surface area contributed by atoms with Crippen LogP contribution < -0.4 is 16.4 Å². The molecule has 1 aromatic heterocycles. The van der Waals surface area contributed by atoms with Crippen LogP contribution in [0, 0.1) is 0 Å². The van der Waals surface area contributed by atoms with E-state index >= 15 is 0 Å². The number of anilines is 2. The average molecular weight is 306 g/mol. The number of carbonyl (C=O) groups excluding carboxylic acids is 1. The van der Waals surface area contributed by atoms with Gasteiger partial charge in [0.25, 0.3) is 0 Å². The predicted molar refractivity (Wildman–Crippen MR) is 83.7 cm³/mol. The molecule has 0 aliphatic rings. The number of halogens is 1. The fourth-order valence-corrected chi connectivity index (χ4v) is 2.15. The van der Waals surface area contributed by atoms with E-state index in [1.165, 1.54) is 6.33 Å². The molecule has 0 saturated carbocycles. The normalized spacial score (nSPS) is 10.2. The summed E-state index contributed by atoms with van der Waals surface area (Å²) in [7, 11) is 1.76. The van der Waals surface area contributed by atoms with Gasteiger partial charge in [-0.05, 0) is 24.1 Å². The number of amides is 1. The Hall–Kier alpha value is -2.34. The number of rotatable bonds is 6. The van der Waals surface area contributed by atoms with E-state index in [1.807, 2.05) is 12.1 Å². The van der Waals surface area contributed by atoms with E-state index in [1.54, 1.807) is 19.2 Å². The first-order valence-corrected chi connectivity index (χ1v) is 6.80. The minimum Gasteiger partial charge on any atom is -0.383 e. The topological polar surface area (TPSA) is 92.9 Å². The Bertz CT molecular complexity index is 647. The molecule has 0 fully saturated rings. The Balaban J connectivity index is 2.00. The number of nitrogens with one attached hydrogen (secondary N) is 2. The van der Waals surface area contributed by atoms with Crippen LogP contribution >= 0.6 is 11.6 Å². The highest BCUT2D eigenvalue weighted by molar-refractivity contribution is 6.32. The highest BCUT2D eigenvalue weighted by Crippen LogP contribution is 2.25. The summed E-state index contributed by atoms with van der Waals surface area (Å²) in [6.45, 7) is 0.643. The van der Waals surface area contributed by atoms with Crippen LogP contribution in [0.3, 0.4) is 0 Å². The number of carbonyl (C=O) groups is 1. The van der Waals surface area contributed by atoms with Crippen LogP contribution in [-0.2, 0) is 6.42 Å². The fraction of sp³-hybridized carbons (Fsp3) is 0.214. The van der Waals surface area contributed by atoms with Crippen LogP contribution in [0.1, 0.15) is 15.9 Å². The molecule has 6 nitrogen and oxygen atoms in total. The Morgan fingerprint density at radius 2 is 2.19 bits per heavy atom. The number of aromatic nitrogens is 2. The third-order valence-electron chi connectivity index (χ3n) is 2.97. The van der Waals surface area contributed by atoms with E-state index < -0.39 is 5.91 Å². The quantitative estimate of drug-likeness (QED) is 0.709. The molecule has 1 heterocycles. The lowest BCUT2D eigenvalue weighted by molar-refractivity contribution is 0.1000. The molecule has 0 unspecified atom stereocenters. The maximum atomic E-state index is 11.1. The second-order valence-electron chi connectivity index (χ2n) is 4.38. The van der Waals surface area contributed by atoms with Crippen LogP contribution in [0.4, 0.5) is 11.5 Å². The van der Waals surface area contributed by atoms with Gasteiger partial charge in [-0.25, -0.2) is 9.97 Å². The molecule has 0 spiro atoms. The summed E-state index contributed by atoms with van der Waals surface area (Å²) >= 11 is 5.98. The Labute approximate surface area is 127 Å². The van der Waals surface area contributed by atoms with Crippen molar-refractivity contribution in [2.75, 3.05) is 24.2 Å². The van der Waals surface area contributed by atoms with Crippen molar-refractivity contribution in [3.63, 3.8) is 0 Å². The van der Waals surface area contributed by atoms with Crippen LogP contribution in [0.5, 0.6) is 0 Å². The molecule has 0 aliphatic heterocycles. The van der Waals surface area contributed by atoms with Crippen molar-refractivity contribution < 1.29 is 4.79 Å². The lowest BCUT2D eigenvalue weighted by Gasteiger charge is -2.11. The van der Waals surface area contributed by atoms with Gasteiger partial charge in [-0.3, -0.25) is 4.79 Å². The molecule has 21 heavy (non-hydrogen) atoms. The molecule has 1 aromatic carbocycles. The van der Waals surface area contributed by atoms with Gasteiger partial charge >= 0.3 is 0 Å². The van der Waals surface area contributed by atoms with E-state index in [4.69, 9.17) is 17.3 Å². The van der Waals surface area contributed by atoms with E-state index in [0.29, 0.717) is 28.8 Å². The number of hydrogen-bond acceptors (Lipinski definition) is 5. The van der Waals surface area contributed by atoms with Crippen molar-refractivity contribution in [2.45, 2.75) is 6.42 Å². The first-order valence-electron chi connectivity index (χ1n) is 6.42. The Morgan fingerprint density at radius 3 is 2.90 bits per heavy atom. The zero-order chi connectivity index (χ0) is 15.2. The van der Waals surface area contributed by atoms with E-state index in [9.17, 15) is 4.79 Å². The third-order valence-corrected chi connectivity index (χ3v) is 3.26. The molecule has 2 rings (SSSR count). The molecule has 2 aromatic rings. The van der Waals surface area contributed by atoms with E-state index in [2.05, 4.69) is 20.6 Å². The summed E-state index contributed by atoms with van der Waals surface area (Å²) in [5.41, 5.74) is 7.45. The summed E-state index contributed by atoms with van der Waals surface area (Å²) in [4.78, 5) is 19.2. The third kappa shape index (κ3) is 3.82. The Morgan fingerprint density at radius 1 is 1.38 bits per heavy atom. The SMILES string of the molecule is CNc1c(Cl)ncnc1NCCc1cccc(C(N)=O)c1. The van der Waals surface area contributed by atoms with Gasteiger partial charge in [0.05, 0.1) is 0 Å². The van der Waals surface area contributed by atoms with Crippen LogP contribution in [0.15, 0.2) is 30.6 Å². The molecular formula is C14H16ClN5O. The van der Waals surface area contributed by atoms with Gasteiger partial charge < -0.3 is 16.4 Å². The molecule has 4 N–H and O–H groups in total. The highest BCUT2D eigenvalue weighted by Gasteiger charge is 2.07. The largest absolute Gasteiger partial charge is 0.383 e. The van der Waals surface area contributed by atoms with Crippen LogP contribution in [0.2, 0.25) is 5.15 Å². The molecule has 1 amide bonds.